The van der Waals surface area contributed by atoms with Gasteiger partial charge < -0.3 is 10.5 Å². The van der Waals surface area contributed by atoms with Gasteiger partial charge in [0.05, 0.1) is 18.7 Å². The van der Waals surface area contributed by atoms with Crippen molar-refractivity contribution in [1.29, 1.82) is 0 Å². The lowest BCUT2D eigenvalue weighted by Crippen LogP contribution is -2.15. The van der Waals surface area contributed by atoms with E-state index >= 15 is 0 Å². The minimum absolute atomic E-state index is 0.481. The lowest BCUT2D eigenvalue weighted by Gasteiger charge is -2.15. The number of hydrogen-bond acceptors (Lipinski definition) is 3. The van der Waals surface area contributed by atoms with E-state index in [0.717, 1.165) is 12.1 Å². The normalized spacial score (nSPS) is 13.1. The first kappa shape index (κ1) is 14.3. The maximum Gasteiger partial charge on any atom is 0.416 e. The maximum absolute atomic E-state index is 12.5. The molecular weight excluding hydrogens is 269 g/mol. The lowest BCUT2D eigenvalue weighted by atomic mass is 10.0. The fraction of sp³-hybridized carbons (Fsp3) is 0.214. The Morgan fingerprint density at radius 3 is 2.35 bits per heavy atom. The molecule has 0 amide bonds. The fourth-order valence-electron chi connectivity index (χ4n) is 1.85. The van der Waals surface area contributed by atoms with E-state index in [0.29, 0.717) is 17.0 Å². The summed E-state index contributed by atoms with van der Waals surface area (Å²) in [6.45, 7) is 0. The summed E-state index contributed by atoms with van der Waals surface area (Å²) in [5, 5.41) is 0. The molecule has 2 N–H and O–H groups in total. The minimum Gasteiger partial charge on any atom is -0.495 e. The Morgan fingerprint density at radius 1 is 1.15 bits per heavy atom. The number of nitrogens with two attached hydrogens (primary N) is 1. The number of hydrogen-bond donors (Lipinski definition) is 1. The minimum atomic E-state index is -4.36. The number of benzene rings is 1. The van der Waals surface area contributed by atoms with Crippen molar-refractivity contribution in [3.05, 3.63) is 59.4 Å². The Bertz CT molecular complexity index is 582. The third-order valence-electron chi connectivity index (χ3n) is 2.91. The zero-order valence-corrected chi connectivity index (χ0v) is 10.7. The molecule has 0 aliphatic rings. The van der Waals surface area contributed by atoms with Gasteiger partial charge in [-0.25, -0.2) is 0 Å². The molecule has 0 bridgehead atoms. The van der Waals surface area contributed by atoms with E-state index in [1.54, 1.807) is 18.3 Å². The molecule has 0 saturated heterocycles. The van der Waals surface area contributed by atoms with E-state index in [1.807, 2.05) is 0 Å². The van der Waals surface area contributed by atoms with Gasteiger partial charge in [0, 0.05) is 6.20 Å². The van der Waals surface area contributed by atoms with Gasteiger partial charge in [-0.05, 0) is 29.8 Å². The molecule has 2 aromatic rings. The number of nitrogens with zero attached hydrogens (tertiary/aromatic N) is 1. The first-order valence-corrected chi connectivity index (χ1v) is 5.85. The number of methoxy groups -OCH3 is 1. The molecule has 1 unspecified atom stereocenters. The molecule has 0 saturated carbocycles. The van der Waals surface area contributed by atoms with E-state index in [2.05, 4.69) is 4.98 Å². The molecule has 1 heterocycles. The standard InChI is InChI=1S/C14H13F3N2O/c1-20-11-3-2-8-19-13(11)12(18)9-4-6-10(7-5-9)14(15,16)17/h2-8,12H,18H2,1H3. The molecule has 0 spiro atoms. The highest BCUT2D eigenvalue weighted by atomic mass is 19.4. The Kier molecular flexibility index (Phi) is 3.94. The number of aromatic nitrogens is 1. The van der Waals surface area contributed by atoms with Gasteiger partial charge in [0.15, 0.2) is 0 Å². The zero-order valence-electron chi connectivity index (χ0n) is 10.7. The quantitative estimate of drug-likeness (QED) is 0.940. The molecule has 6 heteroatoms. The van der Waals surface area contributed by atoms with Crippen LogP contribution >= 0.6 is 0 Å². The molecule has 106 valence electrons. The largest absolute Gasteiger partial charge is 0.495 e. The summed E-state index contributed by atoms with van der Waals surface area (Å²) in [7, 11) is 1.49. The van der Waals surface area contributed by atoms with Crippen LogP contribution in [-0.4, -0.2) is 12.1 Å². The smallest absolute Gasteiger partial charge is 0.416 e. The summed E-state index contributed by atoms with van der Waals surface area (Å²) in [6, 6.07) is 7.46. The summed E-state index contributed by atoms with van der Waals surface area (Å²) >= 11 is 0. The first-order chi connectivity index (χ1) is 9.43. The Hall–Kier alpha value is -2.08. The van der Waals surface area contributed by atoms with Crippen molar-refractivity contribution in [2.75, 3.05) is 7.11 Å². The van der Waals surface area contributed by atoms with Crippen LogP contribution in [0.15, 0.2) is 42.6 Å². The third kappa shape index (κ3) is 2.91. The topological polar surface area (TPSA) is 48.1 Å². The Morgan fingerprint density at radius 2 is 1.80 bits per heavy atom. The fourth-order valence-corrected chi connectivity index (χ4v) is 1.85. The van der Waals surface area contributed by atoms with Gasteiger partial charge >= 0.3 is 6.18 Å². The molecule has 1 atom stereocenters. The van der Waals surface area contributed by atoms with Crippen LogP contribution in [0.4, 0.5) is 13.2 Å². The molecule has 0 aliphatic carbocycles. The van der Waals surface area contributed by atoms with Crippen LogP contribution in [-0.2, 0) is 6.18 Å². The molecule has 2 rings (SSSR count). The van der Waals surface area contributed by atoms with Gasteiger partial charge in [-0.3, -0.25) is 4.98 Å². The molecule has 1 aromatic carbocycles. The number of pyridine rings is 1. The lowest BCUT2D eigenvalue weighted by molar-refractivity contribution is -0.137. The van der Waals surface area contributed by atoms with Crippen LogP contribution in [0.5, 0.6) is 5.75 Å². The van der Waals surface area contributed by atoms with Crippen molar-refractivity contribution in [2.24, 2.45) is 5.73 Å². The second kappa shape index (κ2) is 5.50. The van der Waals surface area contributed by atoms with Gasteiger partial charge in [0.2, 0.25) is 0 Å². The SMILES string of the molecule is COc1cccnc1C(N)c1ccc(C(F)(F)F)cc1. The number of alkyl halides is 3. The predicted molar refractivity (Wildman–Crippen MR) is 68.3 cm³/mol. The van der Waals surface area contributed by atoms with Crippen LogP contribution < -0.4 is 10.5 Å². The van der Waals surface area contributed by atoms with Crippen molar-refractivity contribution in [3.63, 3.8) is 0 Å². The zero-order chi connectivity index (χ0) is 14.8. The number of ether oxygens (including phenoxy) is 1. The van der Waals surface area contributed by atoms with Gasteiger partial charge in [-0.1, -0.05) is 12.1 Å². The van der Waals surface area contributed by atoms with E-state index in [-0.39, 0.29) is 0 Å². The van der Waals surface area contributed by atoms with Crippen molar-refractivity contribution in [1.82, 2.24) is 4.98 Å². The summed E-state index contributed by atoms with van der Waals surface area (Å²) in [4.78, 5) is 4.12. The van der Waals surface area contributed by atoms with Crippen molar-refractivity contribution < 1.29 is 17.9 Å². The van der Waals surface area contributed by atoms with Crippen LogP contribution in [0, 0.1) is 0 Å². The summed E-state index contributed by atoms with van der Waals surface area (Å²) in [6.07, 6.45) is -2.80. The Balaban J connectivity index is 2.32. The van der Waals surface area contributed by atoms with Crippen molar-refractivity contribution >= 4 is 0 Å². The number of halogens is 3. The van der Waals surface area contributed by atoms with E-state index in [4.69, 9.17) is 10.5 Å². The third-order valence-corrected chi connectivity index (χ3v) is 2.91. The average Bonchev–Trinajstić information content (AvgIpc) is 2.45. The second-order valence-electron chi connectivity index (χ2n) is 4.19. The summed E-state index contributed by atoms with van der Waals surface area (Å²) in [5.74, 6) is 0.500. The molecular formula is C14H13F3N2O. The van der Waals surface area contributed by atoms with E-state index in [9.17, 15) is 13.2 Å². The molecule has 1 aromatic heterocycles. The molecule has 0 fully saturated rings. The predicted octanol–water partition coefficient (Wildman–Crippen LogP) is 3.16. The van der Waals surface area contributed by atoms with Gasteiger partial charge in [0.25, 0.3) is 0 Å². The highest BCUT2D eigenvalue weighted by Gasteiger charge is 2.30. The molecule has 3 nitrogen and oxygen atoms in total. The first-order valence-electron chi connectivity index (χ1n) is 5.85. The summed E-state index contributed by atoms with van der Waals surface area (Å²) < 4.78 is 42.6. The monoisotopic (exact) mass is 282 g/mol. The average molecular weight is 282 g/mol. The van der Waals surface area contributed by atoms with Crippen LogP contribution in [0.25, 0.3) is 0 Å². The highest BCUT2D eigenvalue weighted by molar-refractivity contribution is 5.37. The molecule has 0 radical (unpaired) electrons. The number of rotatable bonds is 3. The molecule has 20 heavy (non-hydrogen) atoms. The van der Waals surface area contributed by atoms with Crippen LogP contribution in [0.3, 0.4) is 0 Å². The van der Waals surface area contributed by atoms with Gasteiger partial charge in [-0.15, -0.1) is 0 Å². The van der Waals surface area contributed by atoms with Crippen molar-refractivity contribution in [2.45, 2.75) is 12.2 Å². The van der Waals surface area contributed by atoms with E-state index < -0.39 is 17.8 Å². The Labute approximate surface area is 114 Å². The van der Waals surface area contributed by atoms with Gasteiger partial charge in [-0.2, -0.15) is 13.2 Å². The van der Waals surface area contributed by atoms with E-state index in [1.165, 1.54) is 19.2 Å². The maximum atomic E-state index is 12.5. The second-order valence-corrected chi connectivity index (χ2v) is 4.19. The van der Waals surface area contributed by atoms with Gasteiger partial charge in [0.1, 0.15) is 11.4 Å². The van der Waals surface area contributed by atoms with Crippen molar-refractivity contribution in [3.8, 4) is 5.75 Å². The summed E-state index contributed by atoms with van der Waals surface area (Å²) in [5.41, 5.74) is 6.34. The van der Waals surface area contributed by atoms with Crippen LogP contribution in [0.2, 0.25) is 0 Å². The van der Waals surface area contributed by atoms with Crippen LogP contribution in [0.1, 0.15) is 22.9 Å². The molecule has 0 aliphatic heterocycles. The highest BCUT2D eigenvalue weighted by Crippen LogP contribution is 2.31.